The Morgan fingerprint density at radius 2 is 1.66 bits per heavy atom. The second-order valence-corrected chi connectivity index (χ2v) is 18.8. The third-order valence-electron chi connectivity index (χ3n) is 14.2. The van der Waals surface area contributed by atoms with Crippen molar-refractivity contribution in [2.24, 2.45) is 13.0 Å². The predicted octanol–water partition coefficient (Wildman–Crippen LogP) is 7.58. The van der Waals surface area contributed by atoms with E-state index in [-0.39, 0.29) is 53.3 Å². The van der Waals surface area contributed by atoms with Crippen LogP contribution in [0.3, 0.4) is 0 Å². The third kappa shape index (κ3) is 6.14. The number of nitrogens with one attached hydrogen (secondary N) is 1. The number of carbonyl (C=O) groups excluding carboxylic acids is 1. The fourth-order valence-electron chi connectivity index (χ4n) is 10.8. The quantitative estimate of drug-likeness (QED) is 0.172. The molecule has 0 radical (unpaired) electrons. The number of imidazole rings is 1. The van der Waals surface area contributed by atoms with Crippen LogP contribution < -0.4 is 11.4 Å². The Morgan fingerprint density at radius 3 is 2.37 bits per heavy atom. The zero-order valence-electron chi connectivity index (χ0n) is 37.1. The van der Waals surface area contributed by atoms with Crippen LogP contribution >= 0.6 is 0 Å². The highest BCUT2D eigenvalue weighted by Gasteiger charge is 2.59. The number of aromatic nitrogens is 9. The van der Waals surface area contributed by atoms with Crippen LogP contribution in [0.1, 0.15) is 97.6 Å². The average Bonchev–Trinajstić information content (AvgIpc) is 3.90. The zero-order chi connectivity index (χ0) is 45.4. The second kappa shape index (κ2) is 14.3. The van der Waals surface area contributed by atoms with E-state index in [1.165, 1.54) is 21.5 Å². The molecule has 1 unspecified atom stereocenters. The van der Waals surface area contributed by atoms with Crippen molar-refractivity contribution in [3.8, 4) is 22.6 Å². The maximum atomic E-state index is 16.1. The summed E-state index contributed by atoms with van der Waals surface area (Å²) in [5.74, 6) is -1.27. The summed E-state index contributed by atoms with van der Waals surface area (Å²) in [5, 5.41) is 14.6. The standard InChI is InChI=1S/C48H48F2N10O5/c1-25-18-32(19-26(2)38(25)49)40-42(58-14-13-57(46(58)63)36-11-10-35-33(39(36)50)24-51-55(35)7)41-28(4)56(15-16-59(41)53-40)43(61)37-21-31-20-29(30-12-17-64-47(5,6)23-30)8-9-34(31)60(37)48(22-27(48)3)44-52-45(62)65-54-44/h8-11,13-14,18-21,24,27-28,30H,12,15-17,22-23H2,1-7H3,(H,52,54,62)/t27-,28?,30-,48-/m0/s1. The highest BCUT2D eigenvalue weighted by molar-refractivity contribution is 6.00. The van der Waals surface area contributed by atoms with Gasteiger partial charge in [-0.05, 0) is 125 Å². The predicted molar refractivity (Wildman–Crippen MR) is 238 cm³/mol. The summed E-state index contributed by atoms with van der Waals surface area (Å²) in [6.45, 7) is 12.7. The van der Waals surface area contributed by atoms with E-state index < -0.39 is 28.8 Å². The summed E-state index contributed by atoms with van der Waals surface area (Å²) in [4.78, 5) is 47.2. The molecule has 334 valence electrons. The number of benzene rings is 3. The van der Waals surface area contributed by atoms with Crippen molar-refractivity contribution < 1.29 is 22.8 Å². The Bertz CT molecular complexity index is 3380. The molecular weight excluding hydrogens is 835 g/mol. The number of aryl methyl sites for hydroxylation is 3. The van der Waals surface area contributed by atoms with Crippen molar-refractivity contribution >= 4 is 27.7 Å². The monoisotopic (exact) mass is 882 g/mol. The number of hydrogen-bond donors (Lipinski definition) is 1. The molecule has 5 aromatic heterocycles. The fourth-order valence-corrected chi connectivity index (χ4v) is 10.8. The van der Waals surface area contributed by atoms with Gasteiger partial charge in [-0.15, -0.1) is 0 Å². The lowest BCUT2D eigenvalue weighted by Gasteiger charge is -2.35. The molecule has 1 N–H and O–H groups in total. The minimum Gasteiger partial charge on any atom is -0.376 e. The number of fused-ring (bicyclic) bond motifs is 3. The Kier molecular flexibility index (Phi) is 9.00. The summed E-state index contributed by atoms with van der Waals surface area (Å²) in [6, 6.07) is 14.3. The molecule has 3 aliphatic rings. The lowest BCUT2D eigenvalue weighted by Crippen LogP contribution is -2.43. The molecule has 1 aliphatic carbocycles. The molecule has 17 heteroatoms. The smallest absolute Gasteiger partial charge is 0.376 e. The summed E-state index contributed by atoms with van der Waals surface area (Å²) >= 11 is 0. The molecule has 2 fully saturated rings. The number of rotatable bonds is 7. The molecule has 1 saturated carbocycles. The van der Waals surface area contributed by atoms with Gasteiger partial charge in [0.05, 0.1) is 46.7 Å². The zero-order valence-corrected chi connectivity index (χ0v) is 37.1. The molecule has 65 heavy (non-hydrogen) atoms. The van der Waals surface area contributed by atoms with E-state index in [2.05, 4.69) is 54.2 Å². The number of H-pyrrole nitrogens is 1. The number of carbonyl (C=O) groups is 1. The Morgan fingerprint density at radius 1 is 0.923 bits per heavy atom. The van der Waals surface area contributed by atoms with Crippen LogP contribution in [0, 0.1) is 31.4 Å². The fraction of sp³-hybridized carbons (Fsp3) is 0.375. The first kappa shape index (κ1) is 40.9. The highest BCUT2D eigenvalue weighted by Crippen LogP contribution is 2.56. The Hall–Kier alpha value is -6.88. The Labute approximate surface area is 370 Å². The van der Waals surface area contributed by atoms with Crippen molar-refractivity contribution in [1.82, 2.24) is 48.3 Å². The van der Waals surface area contributed by atoms with Crippen molar-refractivity contribution in [2.75, 3.05) is 13.2 Å². The highest BCUT2D eigenvalue weighted by atomic mass is 19.1. The van der Waals surface area contributed by atoms with Crippen LogP contribution in [-0.4, -0.2) is 73.0 Å². The van der Waals surface area contributed by atoms with Gasteiger partial charge in [0.1, 0.15) is 28.4 Å². The molecule has 3 aromatic carbocycles. The molecule has 7 heterocycles. The van der Waals surface area contributed by atoms with Crippen molar-refractivity contribution in [2.45, 2.75) is 90.4 Å². The number of aromatic amines is 1. The van der Waals surface area contributed by atoms with Gasteiger partial charge in [0.2, 0.25) is 0 Å². The summed E-state index contributed by atoms with van der Waals surface area (Å²) in [6.07, 6.45) is 6.84. The van der Waals surface area contributed by atoms with Gasteiger partial charge in [0.25, 0.3) is 5.91 Å². The SMILES string of the molecule is Cc1cc(-c2nn3c(c2-n2ccn(-c4ccc5c(cnn5C)c4F)c2=O)C(C)N(C(=O)c2cc4cc([C@H]5CCOC(C)(C)C5)ccc4n2[C@@]2(c4noc(=O)[nH]4)C[C@@H]2C)CC3)cc(C)c1F. The normalized spacial score (nSPS) is 21.7. The minimum atomic E-state index is -0.858. The third-order valence-corrected chi connectivity index (χ3v) is 14.2. The maximum absolute atomic E-state index is 16.1. The Balaban J connectivity index is 1.06. The lowest BCUT2D eigenvalue weighted by atomic mass is 9.83. The van der Waals surface area contributed by atoms with E-state index in [9.17, 15) is 9.59 Å². The number of ether oxygens (including phenoxy) is 1. The first-order chi connectivity index (χ1) is 31.1. The minimum absolute atomic E-state index is 0.00187. The average molecular weight is 883 g/mol. The van der Waals surface area contributed by atoms with Gasteiger partial charge in [0, 0.05) is 49.1 Å². The van der Waals surface area contributed by atoms with Gasteiger partial charge in [-0.1, -0.05) is 18.1 Å². The van der Waals surface area contributed by atoms with E-state index in [1.54, 1.807) is 65.6 Å². The molecule has 1 saturated heterocycles. The van der Waals surface area contributed by atoms with Crippen molar-refractivity contribution in [3.63, 3.8) is 0 Å². The molecule has 4 atom stereocenters. The van der Waals surface area contributed by atoms with E-state index in [0.29, 0.717) is 63.8 Å². The van der Waals surface area contributed by atoms with Crippen molar-refractivity contribution in [3.05, 3.63) is 134 Å². The molecule has 15 nitrogen and oxygen atoms in total. The molecule has 0 spiro atoms. The van der Waals surface area contributed by atoms with Gasteiger partial charge in [-0.25, -0.2) is 18.4 Å². The molecule has 0 bridgehead atoms. The van der Waals surface area contributed by atoms with Crippen LogP contribution in [-0.2, 0) is 23.9 Å². The van der Waals surface area contributed by atoms with Crippen LogP contribution in [0.25, 0.3) is 44.4 Å². The molecule has 11 rings (SSSR count). The van der Waals surface area contributed by atoms with Gasteiger partial charge in [0.15, 0.2) is 11.6 Å². The molecular formula is C48H48F2N10O5. The molecule has 1 amide bonds. The number of amides is 1. The molecule has 8 aromatic rings. The summed E-state index contributed by atoms with van der Waals surface area (Å²) in [5.41, 5.74) is 4.11. The lowest BCUT2D eigenvalue weighted by molar-refractivity contribution is -0.0592. The maximum Gasteiger partial charge on any atom is 0.438 e. The van der Waals surface area contributed by atoms with Crippen molar-refractivity contribution in [1.29, 1.82) is 0 Å². The summed E-state index contributed by atoms with van der Waals surface area (Å²) < 4.78 is 50.4. The van der Waals surface area contributed by atoms with Crippen LogP contribution in [0.5, 0.6) is 0 Å². The van der Waals surface area contributed by atoms with Crippen LogP contribution in [0.15, 0.2) is 81.2 Å². The largest absolute Gasteiger partial charge is 0.438 e. The second-order valence-electron chi connectivity index (χ2n) is 18.8. The van der Waals surface area contributed by atoms with Gasteiger partial charge in [-0.2, -0.15) is 10.2 Å². The first-order valence-electron chi connectivity index (χ1n) is 22.0. The first-order valence-corrected chi connectivity index (χ1v) is 22.0. The van der Waals surface area contributed by atoms with Gasteiger partial charge in [-0.3, -0.25) is 32.8 Å². The van der Waals surface area contributed by atoms with E-state index >= 15 is 13.6 Å². The van der Waals surface area contributed by atoms with Gasteiger partial charge < -0.3 is 14.2 Å². The number of halogens is 2. The number of nitrogens with zero attached hydrogens (tertiary/aromatic N) is 9. The molecule has 2 aliphatic heterocycles. The topological polar surface area (TPSA) is 156 Å². The van der Waals surface area contributed by atoms with Gasteiger partial charge >= 0.3 is 11.4 Å². The van der Waals surface area contributed by atoms with E-state index in [4.69, 9.17) is 14.4 Å². The van der Waals surface area contributed by atoms with E-state index in [1.807, 2.05) is 17.6 Å². The summed E-state index contributed by atoms with van der Waals surface area (Å²) in [7, 11) is 1.72. The van der Waals surface area contributed by atoms with Crippen LogP contribution in [0.4, 0.5) is 8.78 Å². The van der Waals surface area contributed by atoms with Crippen LogP contribution in [0.2, 0.25) is 0 Å². The number of hydrogen-bond acceptors (Lipinski definition) is 8. The van der Waals surface area contributed by atoms with E-state index in [0.717, 1.165) is 29.3 Å².